The first-order valence-electron chi connectivity index (χ1n) is 4.82. The summed E-state index contributed by atoms with van der Waals surface area (Å²) in [5.74, 6) is -0.452. The number of nitrogens with zero attached hydrogens (tertiary/aromatic N) is 2. The minimum Gasteiger partial charge on any atom is -0.484 e. The van der Waals surface area contributed by atoms with E-state index in [1.54, 1.807) is 6.07 Å². The molecule has 1 aromatic rings. The molecular weight excluding hydrogens is 269 g/mol. The minimum atomic E-state index is -4.87. The molecule has 0 heterocycles. The molecule has 19 heavy (non-hydrogen) atoms. The number of nitro groups is 1. The van der Waals surface area contributed by atoms with Crippen LogP contribution in [0.1, 0.15) is 5.56 Å². The smallest absolute Gasteiger partial charge is 0.417 e. The van der Waals surface area contributed by atoms with Crippen LogP contribution in [0.5, 0.6) is 5.75 Å². The highest BCUT2D eigenvalue weighted by Gasteiger charge is 2.39. The Morgan fingerprint density at radius 2 is 2.16 bits per heavy atom. The fraction of sp³-hybridized carbons (Fsp3) is 0.300. The van der Waals surface area contributed by atoms with Gasteiger partial charge in [-0.1, -0.05) is 0 Å². The number of aliphatic hydroxyl groups is 1. The normalized spacial score (nSPS) is 12.6. The molecule has 0 saturated heterocycles. The van der Waals surface area contributed by atoms with Crippen molar-refractivity contribution in [3.63, 3.8) is 0 Å². The van der Waals surface area contributed by atoms with E-state index in [0.29, 0.717) is 0 Å². The Morgan fingerprint density at radius 1 is 1.53 bits per heavy atom. The van der Waals surface area contributed by atoms with Crippen molar-refractivity contribution in [1.29, 1.82) is 5.26 Å². The van der Waals surface area contributed by atoms with Gasteiger partial charge in [-0.05, 0) is 12.1 Å². The van der Waals surface area contributed by atoms with Gasteiger partial charge in [-0.15, -0.1) is 0 Å². The summed E-state index contributed by atoms with van der Waals surface area (Å²) in [5.41, 5.74) is -0.677. The van der Waals surface area contributed by atoms with Gasteiger partial charge < -0.3 is 9.84 Å². The van der Waals surface area contributed by atoms with Gasteiger partial charge in [0.15, 0.2) is 11.9 Å². The third kappa shape index (κ3) is 3.82. The Labute approximate surface area is 104 Å². The highest BCUT2D eigenvalue weighted by molar-refractivity contribution is 5.51. The van der Waals surface area contributed by atoms with Crippen molar-refractivity contribution >= 4 is 5.69 Å². The number of nitro benzene ring substituents is 1. The molecule has 0 radical (unpaired) electrons. The SMILES string of the molecule is N#Cc1ccc(OCC(O)C(F)(F)F)c([N+](=O)[O-])c1. The number of hydrogen-bond acceptors (Lipinski definition) is 5. The van der Waals surface area contributed by atoms with E-state index < -0.39 is 35.2 Å². The lowest BCUT2D eigenvalue weighted by Crippen LogP contribution is -2.34. The predicted octanol–water partition coefficient (Wildman–Crippen LogP) is 1.77. The lowest BCUT2D eigenvalue weighted by molar-refractivity contribution is -0.386. The molecule has 0 fully saturated rings. The van der Waals surface area contributed by atoms with Gasteiger partial charge in [0.25, 0.3) is 0 Å². The fourth-order valence-electron chi connectivity index (χ4n) is 1.11. The van der Waals surface area contributed by atoms with Crippen LogP contribution in [0.15, 0.2) is 18.2 Å². The first kappa shape index (κ1) is 14.7. The summed E-state index contributed by atoms with van der Waals surface area (Å²) in [6, 6.07) is 4.67. The molecule has 1 N–H and O–H groups in total. The monoisotopic (exact) mass is 276 g/mol. The number of nitriles is 1. The van der Waals surface area contributed by atoms with Crippen LogP contribution in [-0.2, 0) is 0 Å². The van der Waals surface area contributed by atoms with Crippen molar-refractivity contribution in [3.8, 4) is 11.8 Å². The number of benzene rings is 1. The quantitative estimate of drug-likeness (QED) is 0.667. The molecule has 9 heteroatoms. The second-order valence-corrected chi connectivity index (χ2v) is 3.42. The highest BCUT2D eigenvalue weighted by atomic mass is 19.4. The van der Waals surface area contributed by atoms with Crippen LogP contribution in [0.3, 0.4) is 0 Å². The van der Waals surface area contributed by atoms with Crippen molar-refractivity contribution in [1.82, 2.24) is 0 Å². The Bertz CT molecular complexity index is 524. The minimum absolute atomic E-state index is 0.0320. The van der Waals surface area contributed by atoms with Crippen LogP contribution in [0, 0.1) is 21.4 Å². The third-order valence-corrected chi connectivity index (χ3v) is 2.06. The molecule has 6 nitrogen and oxygen atoms in total. The van der Waals surface area contributed by atoms with Gasteiger partial charge in [0.1, 0.15) is 6.61 Å². The molecule has 0 saturated carbocycles. The summed E-state index contributed by atoms with van der Waals surface area (Å²) in [6.45, 7) is -1.17. The van der Waals surface area contributed by atoms with Crippen LogP contribution < -0.4 is 4.74 Å². The van der Waals surface area contributed by atoms with Crippen LogP contribution in [-0.4, -0.2) is 28.9 Å². The molecule has 102 valence electrons. The molecule has 1 unspecified atom stereocenters. The van der Waals surface area contributed by atoms with E-state index in [4.69, 9.17) is 10.4 Å². The van der Waals surface area contributed by atoms with E-state index in [1.165, 1.54) is 0 Å². The van der Waals surface area contributed by atoms with Crippen LogP contribution in [0.2, 0.25) is 0 Å². The summed E-state index contributed by atoms with van der Waals surface area (Å²) < 4.78 is 40.6. The van der Waals surface area contributed by atoms with E-state index in [2.05, 4.69) is 4.74 Å². The van der Waals surface area contributed by atoms with Gasteiger partial charge in [-0.3, -0.25) is 10.1 Å². The first-order valence-corrected chi connectivity index (χ1v) is 4.82. The number of aliphatic hydroxyl groups excluding tert-OH is 1. The zero-order chi connectivity index (χ0) is 14.6. The maximum Gasteiger partial charge on any atom is 0.417 e. The lowest BCUT2D eigenvalue weighted by atomic mass is 10.2. The van der Waals surface area contributed by atoms with E-state index in [0.717, 1.165) is 18.2 Å². The Morgan fingerprint density at radius 3 is 2.63 bits per heavy atom. The second kappa shape index (κ2) is 5.53. The van der Waals surface area contributed by atoms with Crippen molar-refractivity contribution < 1.29 is 27.9 Å². The standard InChI is InChI=1S/C10H7F3N2O4/c11-10(12,13)9(16)5-19-8-2-1-6(4-14)3-7(8)15(17)18/h1-3,9,16H,5H2. The predicted molar refractivity (Wildman–Crippen MR) is 55.4 cm³/mol. The van der Waals surface area contributed by atoms with Crippen molar-refractivity contribution in [2.45, 2.75) is 12.3 Å². The van der Waals surface area contributed by atoms with Crippen molar-refractivity contribution in [2.75, 3.05) is 6.61 Å². The van der Waals surface area contributed by atoms with E-state index in [1.807, 2.05) is 0 Å². The zero-order valence-electron chi connectivity index (χ0n) is 9.22. The molecular formula is C10H7F3N2O4. The largest absolute Gasteiger partial charge is 0.484 e. The number of alkyl halides is 3. The molecule has 1 rings (SSSR count). The van der Waals surface area contributed by atoms with Gasteiger partial charge in [0.05, 0.1) is 16.6 Å². The average molecular weight is 276 g/mol. The summed E-state index contributed by atoms with van der Waals surface area (Å²) in [5, 5.41) is 27.9. The first-order chi connectivity index (χ1) is 8.75. The molecule has 1 atom stereocenters. The highest BCUT2D eigenvalue weighted by Crippen LogP contribution is 2.29. The molecule has 1 aromatic carbocycles. The molecule has 0 aliphatic carbocycles. The third-order valence-electron chi connectivity index (χ3n) is 2.06. The Hall–Kier alpha value is -2.34. The summed E-state index contributed by atoms with van der Waals surface area (Å²) >= 11 is 0. The van der Waals surface area contributed by atoms with Crippen molar-refractivity contribution in [3.05, 3.63) is 33.9 Å². The van der Waals surface area contributed by atoms with Crippen LogP contribution in [0.25, 0.3) is 0 Å². The summed E-state index contributed by atoms with van der Waals surface area (Å²) in [7, 11) is 0. The van der Waals surface area contributed by atoms with Gasteiger partial charge in [-0.25, -0.2) is 0 Å². The molecule has 0 bridgehead atoms. The van der Waals surface area contributed by atoms with Gasteiger partial charge in [0.2, 0.25) is 0 Å². The average Bonchev–Trinajstić information content (AvgIpc) is 2.34. The number of hydrogen-bond donors (Lipinski definition) is 1. The molecule has 0 spiro atoms. The zero-order valence-corrected chi connectivity index (χ0v) is 9.22. The van der Waals surface area contributed by atoms with E-state index in [-0.39, 0.29) is 5.56 Å². The van der Waals surface area contributed by atoms with Gasteiger partial charge in [0, 0.05) is 6.07 Å². The van der Waals surface area contributed by atoms with E-state index >= 15 is 0 Å². The van der Waals surface area contributed by atoms with Crippen LogP contribution in [0.4, 0.5) is 18.9 Å². The van der Waals surface area contributed by atoms with E-state index in [9.17, 15) is 23.3 Å². The number of ether oxygens (including phenoxy) is 1. The van der Waals surface area contributed by atoms with Gasteiger partial charge >= 0.3 is 11.9 Å². The maximum absolute atomic E-state index is 12.0. The van der Waals surface area contributed by atoms with Crippen molar-refractivity contribution in [2.24, 2.45) is 0 Å². The lowest BCUT2D eigenvalue weighted by Gasteiger charge is -2.15. The molecule has 0 aliphatic rings. The maximum atomic E-state index is 12.0. The van der Waals surface area contributed by atoms with Gasteiger partial charge in [-0.2, -0.15) is 18.4 Å². The topological polar surface area (TPSA) is 96.4 Å². The molecule has 0 aliphatic heterocycles. The van der Waals surface area contributed by atoms with Crippen LogP contribution >= 0.6 is 0 Å². The molecule has 0 amide bonds. The second-order valence-electron chi connectivity index (χ2n) is 3.42. The Kier molecular flexibility index (Phi) is 4.29. The number of rotatable bonds is 4. The fourth-order valence-corrected chi connectivity index (χ4v) is 1.11. The molecule has 0 aromatic heterocycles. The number of halogens is 3. The summed E-state index contributed by atoms with van der Waals surface area (Å²) in [4.78, 5) is 9.77. The Balaban J connectivity index is 2.90. The summed E-state index contributed by atoms with van der Waals surface area (Å²) in [6.07, 6.45) is -7.62.